The SMILES string of the molecule is CC(Sc1nnnn1CCN(C)C)C(=O)N(CCC#N)c1ccccc1. The van der Waals surface area contributed by atoms with E-state index in [1.807, 2.05) is 56.3 Å². The fourth-order valence-electron chi connectivity index (χ4n) is 2.28. The number of amides is 1. The minimum absolute atomic E-state index is 0.0707. The molecule has 0 spiro atoms. The number of nitriles is 1. The number of hydrogen-bond donors (Lipinski definition) is 0. The number of benzene rings is 1. The predicted octanol–water partition coefficient (Wildman–Crippen LogP) is 1.66. The summed E-state index contributed by atoms with van der Waals surface area (Å²) in [7, 11) is 3.96. The van der Waals surface area contributed by atoms with Crippen molar-refractivity contribution in [2.24, 2.45) is 0 Å². The Morgan fingerprint density at radius 2 is 2.04 bits per heavy atom. The van der Waals surface area contributed by atoms with Gasteiger partial charge < -0.3 is 9.80 Å². The number of carbonyl (C=O) groups is 1. The summed E-state index contributed by atoms with van der Waals surface area (Å²) in [6, 6.07) is 11.5. The van der Waals surface area contributed by atoms with Crippen molar-refractivity contribution < 1.29 is 4.79 Å². The maximum absolute atomic E-state index is 13.0. The van der Waals surface area contributed by atoms with Crippen LogP contribution in [0.25, 0.3) is 0 Å². The number of tetrazole rings is 1. The molecule has 0 aliphatic rings. The fourth-order valence-corrected chi connectivity index (χ4v) is 3.16. The second-order valence-electron chi connectivity index (χ2n) is 5.98. The monoisotopic (exact) mass is 373 g/mol. The topological polar surface area (TPSA) is 90.9 Å². The van der Waals surface area contributed by atoms with E-state index in [0.717, 1.165) is 12.2 Å². The summed E-state index contributed by atoms with van der Waals surface area (Å²) < 4.78 is 1.70. The van der Waals surface area contributed by atoms with Crippen LogP contribution in [0.15, 0.2) is 35.5 Å². The van der Waals surface area contributed by atoms with E-state index in [4.69, 9.17) is 5.26 Å². The van der Waals surface area contributed by atoms with E-state index in [1.165, 1.54) is 11.8 Å². The molecule has 1 amide bonds. The first-order valence-electron chi connectivity index (χ1n) is 8.34. The zero-order chi connectivity index (χ0) is 18.9. The smallest absolute Gasteiger partial charge is 0.240 e. The van der Waals surface area contributed by atoms with E-state index < -0.39 is 0 Å². The average Bonchev–Trinajstić information content (AvgIpc) is 3.08. The molecule has 138 valence electrons. The lowest BCUT2D eigenvalue weighted by molar-refractivity contribution is -0.117. The number of hydrogen-bond acceptors (Lipinski definition) is 7. The average molecular weight is 373 g/mol. The first-order chi connectivity index (χ1) is 12.5. The largest absolute Gasteiger partial charge is 0.310 e. The first-order valence-corrected chi connectivity index (χ1v) is 9.22. The van der Waals surface area contributed by atoms with Crippen molar-refractivity contribution in [3.05, 3.63) is 30.3 Å². The molecule has 9 heteroatoms. The number of carbonyl (C=O) groups excluding carboxylic acids is 1. The Balaban J connectivity index is 2.09. The summed E-state index contributed by atoms with van der Waals surface area (Å²) >= 11 is 1.33. The van der Waals surface area contributed by atoms with Crippen LogP contribution in [-0.2, 0) is 11.3 Å². The summed E-state index contributed by atoms with van der Waals surface area (Å²) in [6.07, 6.45) is 0.276. The molecule has 1 aromatic carbocycles. The van der Waals surface area contributed by atoms with Crippen LogP contribution in [0, 0.1) is 11.3 Å². The molecule has 1 aromatic heterocycles. The lowest BCUT2D eigenvalue weighted by Crippen LogP contribution is -2.37. The standard InChI is InChI=1S/C17H23N7OS/c1-14(26-17-19-20-21-24(17)13-12-22(2)3)16(25)23(11-7-10-18)15-8-5-4-6-9-15/h4-6,8-9,14H,7,11-13H2,1-3H3. The van der Waals surface area contributed by atoms with E-state index in [2.05, 4.69) is 21.6 Å². The van der Waals surface area contributed by atoms with Crippen molar-refractivity contribution in [2.75, 3.05) is 32.1 Å². The zero-order valence-corrected chi connectivity index (χ0v) is 16.1. The van der Waals surface area contributed by atoms with Crippen molar-refractivity contribution in [2.45, 2.75) is 30.3 Å². The van der Waals surface area contributed by atoms with Crippen molar-refractivity contribution >= 4 is 23.4 Å². The normalized spacial score (nSPS) is 12.0. The number of anilines is 1. The maximum atomic E-state index is 13.0. The van der Waals surface area contributed by atoms with Gasteiger partial charge in [-0.05, 0) is 43.6 Å². The molecule has 0 radical (unpaired) electrons. The Morgan fingerprint density at radius 3 is 2.69 bits per heavy atom. The van der Waals surface area contributed by atoms with Crippen molar-refractivity contribution in [1.29, 1.82) is 5.26 Å². The predicted molar refractivity (Wildman–Crippen MR) is 101 cm³/mol. The first kappa shape index (κ1) is 19.9. The molecule has 8 nitrogen and oxygen atoms in total. The molecule has 0 saturated heterocycles. The van der Waals surface area contributed by atoms with Gasteiger partial charge >= 0.3 is 0 Å². The Labute approximate surface area is 157 Å². The summed E-state index contributed by atoms with van der Waals surface area (Å²) in [4.78, 5) is 16.7. The molecule has 0 aliphatic heterocycles. The second kappa shape index (κ2) is 9.89. The zero-order valence-electron chi connectivity index (χ0n) is 15.2. The lowest BCUT2D eigenvalue weighted by atomic mass is 10.2. The number of nitrogens with zero attached hydrogens (tertiary/aromatic N) is 7. The van der Waals surface area contributed by atoms with Crippen LogP contribution in [0.1, 0.15) is 13.3 Å². The fraction of sp³-hybridized carbons (Fsp3) is 0.471. The summed E-state index contributed by atoms with van der Waals surface area (Å²) in [6.45, 7) is 3.65. The van der Waals surface area contributed by atoms with Gasteiger partial charge in [0.05, 0.1) is 24.3 Å². The molecule has 0 N–H and O–H groups in total. The summed E-state index contributed by atoms with van der Waals surface area (Å²) in [5, 5.41) is 20.9. The third-order valence-electron chi connectivity index (χ3n) is 3.67. The van der Waals surface area contributed by atoms with Crippen LogP contribution in [-0.4, -0.2) is 63.4 Å². The molecule has 0 saturated carbocycles. The van der Waals surface area contributed by atoms with Gasteiger partial charge in [0.15, 0.2) is 0 Å². The van der Waals surface area contributed by atoms with Crippen LogP contribution >= 0.6 is 11.8 Å². The van der Waals surface area contributed by atoms with Crippen molar-refractivity contribution in [3.63, 3.8) is 0 Å². The highest BCUT2D eigenvalue weighted by Gasteiger charge is 2.24. The van der Waals surface area contributed by atoms with Crippen molar-refractivity contribution in [1.82, 2.24) is 25.1 Å². The minimum atomic E-state index is -0.377. The highest BCUT2D eigenvalue weighted by atomic mass is 32.2. The summed E-state index contributed by atoms with van der Waals surface area (Å²) in [5.74, 6) is -0.0707. The van der Waals surface area contributed by atoms with Gasteiger partial charge in [0, 0.05) is 18.8 Å². The van der Waals surface area contributed by atoms with E-state index in [-0.39, 0.29) is 17.6 Å². The highest BCUT2D eigenvalue weighted by molar-refractivity contribution is 8.00. The van der Waals surface area contributed by atoms with Gasteiger partial charge in [-0.25, -0.2) is 4.68 Å². The molecule has 0 aliphatic carbocycles. The molecular formula is C17H23N7OS. The van der Waals surface area contributed by atoms with E-state index in [1.54, 1.807) is 9.58 Å². The molecule has 26 heavy (non-hydrogen) atoms. The summed E-state index contributed by atoms with van der Waals surface area (Å²) in [5.41, 5.74) is 0.785. The number of para-hydroxylation sites is 1. The van der Waals surface area contributed by atoms with Gasteiger partial charge in [-0.3, -0.25) is 4.79 Å². The van der Waals surface area contributed by atoms with Gasteiger partial charge in [-0.15, -0.1) is 5.10 Å². The van der Waals surface area contributed by atoms with Crippen LogP contribution in [0.2, 0.25) is 0 Å². The van der Waals surface area contributed by atoms with Crippen LogP contribution in [0.4, 0.5) is 5.69 Å². The number of thioether (sulfide) groups is 1. The molecule has 1 unspecified atom stereocenters. The Morgan fingerprint density at radius 1 is 1.31 bits per heavy atom. The van der Waals surface area contributed by atoms with Gasteiger partial charge in [0.25, 0.3) is 0 Å². The van der Waals surface area contributed by atoms with E-state index >= 15 is 0 Å². The number of aromatic nitrogens is 4. The third kappa shape index (κ3) is 5.54. The Bertz CT molecular complexity index is 741. The molecule has 0 bridgehead atoms. The van der Waals surface area contributed by atoms with Crippen LogP contribution in [0.3, 0.4) is 0 Å². The molecule has 1 heterocycles. The maximum Gasteiger partial charge on any atom is 0.240 e. The Kier molecular flexibility index (Phi) is 7.56. The van der Waals surface area contributed by atoms with Crippen molar-refractivity contribution in [3.8, 4) is 6.07 Å². The third-order valence-corrected chi connectivity index (χ3v) is 4.73. The second-order valence-corrected chi connectivity index (χ2v) is 7.29. The van der Waals surface area contributed by atoms with E-state index in [9.17, 15) is 4.79 Å². The molecule has 2 rings (SSSR count). The van der Waals surface area contributed by atoms with Gasteiger partial charge in [0.2, 0.25) is 11.1 Å². The molecular weight excluding hydrogens is 350 g/mol. The highest BCUT2D eigenvalue weighted by Crippen LogP contribution is 2.24. The lowest BCUT2D eigenvalue weighted by Gasteiger charge is -2.24. The van der Waals surface area contributed by atoms with Crippen LogP contribution < -0.4 is 4.90 Å². The number of rotatable bonds is 9. The molecule has 2 aromatic rings. The van der Waals surface area contributed by atoms with Gasteiger partial charge in [-0.2, -0.15) is 5.26 Å². The van der Waals surface area contributed by atoms with Crippen LogP contribution in [0.5, 0.6) is 0 Å². The van der Waals surface area contributed by atoms with Gasteiger partial charge in [0.1, 0.15) is 0 Å². The molecule has 0 fully saturated rings. The molecule has 1 atom stereocenters. The van der Waals surface area contributed by atoms with E-state index in [0.29, 0.717) is 18.2 Å². The number of likely N-dealkylation sites (N-methyl/N-ethyl adjacent to an activating group) is 1. The van der Waals surface area contributed by atoms with Gasteiger partial charge in [-0.1, -0.05) is 30.0 Å². The Hall–Kier alpha value is -2.44. The quantitative estimate of drug-likeness (QED) is 0.617. The minimum Gasteiger partial charge on any atom is -0.310 e.